The molecule has 9 heteroatoms. The van der Waals surface area contributed by atoms with Gasteiger partial charge in [-0.05, 0) is 50.5 Å². The van der Waals surface area contributed by atoms with Crippen LogP contribution in [0.5, 0.6) is 0 Å². The predicted octanol–water partition coefficient (Wildman–Crippen LogP) is 4.63. The molecule has 2 atom stereocenters. The summed E-state index contributed by atoms with van der Waals surface area (Å²) in [4.78, 5) is 14.0. The second kappa shape index (κ2) is 8.24. The predicted molar refractivity (Wildman–Crippen MR) is 93.6 cm³/mol. The molecule has 1 aliphatic heterocycles. The summed E-state index contributed by atoms with van der Waals surface area (Å²) >= 11 is 6.21. The molecule has 0 radical (unpaired) electrons. The van der Waals surface area contributed by atoms with Crippen molar-refractivity contribution in [3.05, 3.63) is 34.3 Å². The van der Waals surface area contributed by atoms with E-state index in [4.69, 9.17) is 21.1 Å². The van der Waals surface area contributed by atoms with E-state index in [0.29, 0.717) is 19.6 Å². The molecule has 0 bridgehead atoms. The summed E-state index contributed by atoms with van der Waals surface area (Å²) in [6.45, 7) is 5.94. The number of hydrogen-bond acceptors (Lipinski definition) is 4. The molecular formula is C18H23ClF3NO4. The van der Waals surface area contributed by atoms with Crippen LogP contribution in [-0.4, -0.2) is 47.6 Å². The number of benzene rings is 1. The largest absolute Gasteiger partial charge is 0.444 e. The number of rotatable bonds is 2. The molecule has 2 rings (SSSR count). The molecule has 152 valence electrons. The fraction of sp³-hybridized carbons (Fsp3) is 0.611. The molecule has 0 aromatic heterocycles. The van der Waals surface area contributed by atoms with Crippen LogP contribution in [0.1, 0.15) is 50.5 Å². The van der Waals surface area contributed by atoms with Gasteiger partial charge in [0.1, 0.15) is 5.60 Å². The van der Waals surface area contributed by atoms with E-state index < -0.39 is 30.0 Å². The average molecular weight is 410 g/mol. The number of hydrogen-bond donors (Lipinski definition) is 1. The number of carbonyl (C=O) groups is 1. The Morgan fingerprint density at radius 2 is 2.04 bits per heavy atom. The number of nitrogens with zero attached hydrogens (tertiary/aromatic N) is 1. The van der Waals surface area contributed by atoms with Crippen LogP contribution in [0.15, 0.2) is 18.2 Å². The maximum absolute atomic E-state index is 12.9. The normalized spacial score (nSPS) is 20.1. The second-order valence-corrected chi connectivity index (χ2v) is 7.75. The quantitative estimate of drug-likeness (QED) is 0.773. The lowest BCUT2D eigenvalue weighted by Crippen LogP contribution is -2.40. The van der Waals surface area contributed by atoms with Crippen molar-refractivity contribution >= 4 is 17.7 Å². The molecule has 1 N–H and O–H groups in total. The van der Waals surface area contributed by atoms with Crippen molar-refractivity contribution in [1.29, 1.82) is 0 Å². The molecule has 27 heavy (non-hydrogen) atoms. The van der Waals surface area contributed by atoms with Gasteiger partial charge < -0.3 is 14.6 Å². The fourth-order valence-electron chi connectivity index (χ4n) is 2.75. The Bertz CT molecular complexity index is 676. The van der Waals surface area contributed by atoms with Crippen LogP contribution in [-0.2, 0) is 9.47 Å². The minimum absolute atomic E-state index is 0.0600. The highest BCUT2D eigenvalue weighted by atomic mass is 35.5. The van der Waals surface area contributed by atoms with Gasteiger partial charge in [0.2, 0.25) is 0 Å². The second-order valence-electron chi connectivity index (χ2n) is 7.34. The van der Waals surface area contributed by atoms with E-state index in [1.165, 1.54) is 11.0 Å². The van der Waals surface area contributed by atoms with Crippen molar-refractivity contribution in [3.8, 4) is 0 Å². The van der Waals surface area contributed by atoms with Crippen LogP contribution < -0.4 is 0 Å². The Balaban J connectivity index is 2.40. The van der Waals surface area contributed by atoms with Crippen LogP contribution in [0, 0.1) is 0 Å². The molecule has 1 aromatic carbocycles. The number of aliphatic hydroxyl groups excluding tert-OH is 1. The molecule has 2 unspecified atom stereocenters. The van der Waals surface area contributed by atoms with Gasteiger partial charge in [0.05, 0.1) is 12.6 Å². The Morgan fingerprint density at radius 1 is 1.37 bits per heavy atom. The monoisotopic (exact) mass is 409 g/mol. The third kappa shape index (κ3) is 5.73. The first-order chi connectivity index (χ1) is 12.4. The summed E-state index contributed by atoms with van der Waals surface area (Å²) in [6, 6.07) is 2.82. The Kier molecular flexibility index (Phi) is 6.65. The first-order valence-corrected chi connectivity index (χ1v) is 8.89. The Morgan fingerprint density at radius 3 is 2.63 bits per heavy atom. The number of carbonyl (C=O) groups excluding carboxylic acids is 1. The molecule has 0 saturated carbocycles. The SMILES string of the molecule is CC(C)(C)OC(=O)N1CCCOCC1c1cc(C(O)C(F)(F)F)ccc1Cl. The topological polar surface area (TPSA) is 59.0 Å². The lowest BCUT2D eigenvalue weighted by Gasteiger charge is -2.32. The van der Waals surface area contributed by atoms with Gasteiger partial charge in [-0.1, -0.05) is 17.7 Å². The Hall–Kier alpha value is -1.51. The van der Waals surface area contributed by atoms with Crippen molar-refractivity contribution in [3.63, 3.8) is 0 Å². The zero-order chi connectivity index (χ0) is 20.4. The number of aliphatic hydroxyl groups is 1. The van der Waals surface area contributed by atoms with Gasteiger partial charge >= 0.3 is 12.3 Å². The summed E-state index contributed by atoms with van der Waals surface area (Å²) in [5, 5.41) is 9.73. The fourth-order valence-corrected chi connectivity index (χ4v) is 2.99. The number of ether oxygens (including phenoxy) is 2. The summed E-state index contributed by atoms with van der Waals surface area (Å²) < 4.78 is 49.5. The van der Waals surface area contributed by atoms with Crippen molar-refractivity contribution in [2.24, 2.45) is 0 Å². The zero-order valence-corrected chi connectivity index (χ0v) is 16.1. The molecule has 1 aromatic rings. The summed E-state index contributed by atoms with van der Waals surface area (Å²) in [6.07, 6.45) is -7.50. The van der Waals surface area contributed by atoms with Gasteiger partial charge in [-0.2, -0.15) is 13.2 Å². The number of amides is 1. The molecule has 5 nitrogen and oxygen atoms in total. The molecule has 1 saturated heterocycles. The summed E-state index contributed by atoms with van der Waals surface area (Å²) in [7, 11) is 0. The van der Waals surface area contributed by atoms with Crippen molar-refractivity contribution in [2.75, 3.05) is 19.8 Å². The van der Waals surface area contributed by atoms with Crippen LogP contribution in [0.3, 0.4) is 0 Å². The maximum atomic E-state index is 12.9. The van der Waals surface area contributed by atoms with E-state index in [1.54, 1.807) is 20.8 Å². The molecular weight excluding hydrogens is 387 g/mol. The van der Waals surface area contributed by atoms with Crippen LogP contribution in [0.25, 0.3) is 0 Å². The molecule has 1 heterocycles. The van der Waals surface area contributed by atoms with Gasteiger partial charge in [-0.15, -0.1) is 0 Å². The highest BCUT2D eigenvalue weighted by Gasteiger charge is 2.40. The first kappa shape index (κ1) is 21.8. The van der Waals surface area contributed by atoms with Gasteiger partial charge in [-0.25, -0.2) is 4.79 Å². The van der Waals surface area contributed by atoms with E-state index in [0.717, 1.165) is 12.1 Å². The minimum atomic E-state index is -4.81. The minimum Gasteiger partial charge on any atom is -0.444 e. The lowest BCUT2D eigenvalue weighted by atomic mass is 10.00. The Labute approximate surface area is 161 Å². The summed E-state index contributed by atoms with van der Waals surface area (Å²) in [5.74, 6) is 0. The van der Waals surface area contributed by atoms with E-state index in [1.807, 2.05) is 0 Å². The summed E-state index contributed by atoms with van der Waals surface area (Å²) in [5.41, 5.74) is -0.812. The van der Waals surface area contributed by atoms with E-state index in [9.17, 15) is 23.1 Å². The molecule has 1 amide bonds. The van der Waals surface area contributed by atoms with Crippen molar-refractivity contribution in [2.45, 2.75) is 51.1 Å². The van der Waals surface area contributed by atoms with Crippen molar-refractivity contribution in [1.82, 2.24) is 4.90 Å². The third-order valence-corrected chi connectivity index (χ3v) is 4.32. The highest BCUT2D eigenvalue weighted by molar-refractivity contribution is 6.31. The van der Waals surface area contributed by atoms with Gasteiger partial charge in [0, 0.05) is 18.2 Å². The van der Waals surface area contributed by atoms with E-state index in [-0.39, 0.29) is 22.8 Å². The maximum Gasteiger partial charge on any atom is 0.418 e. The lowest BCUT2D eigenvalue weighted by molar-refractivity contribution is -0.206. The van der Waals surface area contributed by atoms with Gasteiger partial charge in [0.25, 0.3) is 0 Å². The first-order valence-electron chi connectivity index (χ1n) is 8.51. The van der Waals surface area contributed by atoms with E-state index >= 15 is 0 Å². The van der Waals surface area contributed by atoms with Crippen LogP contribution in [0.4, 0.5) is 18.0 Å². The highest BCUT2D eigenvalue weighted by Crippen LogP contribution is 2.37. The molecule has 0 aliphatic carbocycles. The van der Waals surface area contributed by atoms with Gasteiger partial charge in [0.15, 0.2) is 6.10 Å². The van der Waals surface area contributed by atoms with Gasteiger partial charge in [-0.3, -0.25) is 4.90 Å². The molecule has 0 spiro atoms. The van der Waals surface area contributed by atoms with Crippen LogP contribution in [0.2, 0.25) is 5.02 Å². The average Bonchev–Trinajstić information content (AvgIpc) is 2.78. The molecule has 1 fully saturated rings. The van der Waals surface area contributed by atoms with Crippen LogP contribution >= 0.6 is 11.6 Å². The smallest absolute Gasteiger partial charge is 0.418 e. The standard InChI is InChI=1S/C18H23ClF3NO4/c1-17(2,3)27-16(25)23-7-4-8-26-10-14(23)12-9-11(5-6-13(12)19)15(24)18(20,21)22/h5-6,9,14-15,24H,4,7-8,10H2,1-3H3. The van der Waals surface area contributed by atoms with E-state index in [2.05, 4.69) is 0 Å². The van der Waals surface area contributed by atoms with Crippen molar-refractivity contribution < 1.29 is 32.5 Å². The number of halogens is 4. The number of alkyl halides is 3. The molecule has 1 aliphatic rings. The zero-order valence-electron chi connectivity index (χ0n) is 15.3. The third-order valence-electron chi connectivity index (χ3n) is 3.97.